The number of ether oxygens (including phenoxy) is 3. The molecule has 5 unspecified atom stereocenters. The van der Waals surface area contributed by atoms with Crippen molar-refractivity contribution in [3.05, 3.63) is 46.6 Å². The Bertz CT molecular complexity index is 1250. The van der Waals surface area contributed by atoms with Crippen LogP contribution in [0.25, 0.3) is 0 Å². The molecule has 3 aliphatic carbocycles. The molecule has 37 heavy (non-hydrogen) atoms. The highest BCUT2D eigenvalue weighted by molar-refractivity contribution is 6.04. The van der Waals surface area contributed by atoms with Crippen molar-refractivity contribution in [2.75, 3.05) is 7.11 Å². The molecular weight excluding hydrogens is 476 g/mol. The molecule has 0 radical (unpaired) electrons. The average molecular weight is 511 g/mol. The second kappa shape index (κ2) is 8.43. The molecule has 1 saturated heterocycles. The van der Waals surface area contributed by atoms with Gasteiger partial charge in [0.05, 0.1) is 32.5 Å². The van der Waals surface area contributed by atoms with E-state index in [-0.39, 0.29) is 30.5 Å². The van der Waals surface area contributed by atoms with Gasteiger partial charge in [-0.15, -0.1) is 0 Å². The molecule has 2 bridgehead atoms. The Morgan fingerprint density at radius 2 is 1.86 bits per heavy atom. The smallest absolute Gasteiger partial charge is 0.310 e. The van der Waals surface area contributed by atoms with Crippen molar-refractivity contribution in [2.45, 2.75) is 72.8 Å². The van der Waals surface area contributed by atoms with Crippen molar-refractivity contribution in [3.8, 4) is 0 Å². The van der Waals surface area contributed by atoms with Crippen LogP contribution in [0.1, 0.15) is 78.4 Å². The molecule has 0 spiro atoms. The lowest BCUT2D eigenvalue weighted by Gasteiger charge is -2.59. The zero-order chi connectivity index (χ0) is 26.9. The Balaban J connectivity index is 1.74. The van der Waals surface area contributed by atoms with Crippen LogP contribution in [-0.2, 0) is 33.4 Å². The molecule has 1 aromatic heterocycles. The van der Waals surface area contributed by atoms with E-state index < -0.39 is 40.2 Å². The van der Waals surface area contributed by atoms with Gasteiger partial charge < -0.3 is 18.6 Å². The number of carbonyl (C=O) groups excluding carboxylic acids is 4. The van der Waals surface area contributed by atoms with Gasteiger partial charge in [-0.3, -0.25) is 19.2 Å². The van der Waals surface area contributed by atoms with Gasteiger partial charge >= 0.3 is 17.9 Å². The van der Waals surface area contributed by atoms with Crippen molar-refractivity contribution < 1.29 is 37.8 Å². The number of furan rings is 1. The number of ketones is 1. The molecule has 5 rings (SSSR count). The van der Waals surface area contributed by atoms with E-state index in [0.717, 1.165) is 16.7 Å². The highest BCUT2D eigenvalue weighted by Crippen LogP contribution is 2.67. The third kappa shape index (κ3) is 3.55. The van der Waals surface area contributed by atoms with E-state index in [4.69, 9.17) is 18.6 Å². The van der Waals surface area contributed by atoms with E-state index in [1.807, 2.05) is 26.8 Å². The van der Waals surface area contributed by atoms with Crippen molar-refractivity contribution in [1.82, 2.24) is 0 Å². The molecule has 1 aliphatic heterocycles. The van der Waals surface area contributed by atoms with E-state index in [2.05, 4.69) is 6.92 Å². The Morgan fingerprint density at radius 1 is 1.14 bits per heavy atom. The predicted molar refractivity (Wildman–Crippen MR) is 130 cm³/mol. The first kappa shape index (κ1) is 25.5. The quantitative estimate of drug-likeness (QED) is 0.316. The third-order valence-electron chi connectivity index (χ3n) is 9.60. The SMILES string of the molecule is COC(=O)CC1C(C)(C)C(OC(C)=O)=C2CC3=C4CC(=O)OC(c5ccoc5)C4(C)CCC3C1(C)C2=O. The summed E-state index contributed by atoms with van der Waals surface area (Å²) in [5.74, 6) is -1.64. The van der Waals surface area contributed by atoms with Crippen LogP contribution in [0.3, 0.4) is 0 Å². The normalized spacial score (nSPS) is 34.4. The Labute approximate surface area is 216 Å². The summed E-state index contributed by atoms with van der Waals surface area (Å²) in [6.45, 7) is 9.23. The first-order valence-corrected chi connectivity index (χ1v) is 12.8. The molecule has 0 N–H and O–H groups in total. The summed E-state index contributed by atoms with van der Waals surface area (Å²) in [5, 5.41) is 0. The first-order chi connectivity index (χ1) is 17.4. The summed E-state index contributed by atoms with van der Waals surface area (Å²) in [5.41, 5.74) is 1.13. The number of hydrogen-bond acceptors (Lipinski definition) is 8. The minimum absolute atomic E-state index is 0.0137. The van der Waals surface area contributed by atoms with Crippen LogP contribution in [0.2, 0.25) is 0 Å². The van der Waals surface area contributed by atoms with E-state index in [0.29, 0.717) is 30.6 Å². The van der Waals surface area contributed by atoms with E-state index >= 15 is 0 Å². The fourth-order valence-corrected chi connectivity index (χ4v) is 7.84. The lowest BCUT2D eigenvalue weighted by atomic mass is 9.43. The zero-order valence-corrected chi connectivity index (χ0v) is 22.3. The number of rotatable bonds is 4. The second-order valence-corrected chi connectivity index (χ2v) is 11.9. The van der Waals surface area contributed by atoms with E-state index in [1.165, 1.54) is 14.0 Å². The fourth-order valence-electron chi connectivity index (χ4n) is 7.84. The van der Waals surface area contributed by atoms with E-state index in [1.54, 1.807) is 12.5 Å². The molecule has 0 aromatic carbocycles. The molecule has 1 saturated carbocycles. The van der Waals surface area contributed by atoms with Crippen molar-refractivity contribution >= 4 is 23.7 Å². The molecule has 4 aliphatic rings. The van der Waals surface area contributed by atoms with Crippen molar-refractivity contribution in [1.29, 1.82) is 0 Å². The molecule has 5 atom stereocenters. The summed E-state index contributed by atoms with van der Waals surface area (Å²) in [6, 6.07) is 1.82. The maximum absolute atomic E-state index is 14.2. The van der Waals surface area contributed by atoms with E-state index in [9.17, 15) is 19.2 Å². The molecule has 0 amide bonds. The second-order valence-electron chi connectivity index (χ2n) is 11.9. The van der Waals surface area contributed by atoms with Gasteiger partial charge in [-0.2, -0.15) is 0 Å². The minimum atomic E-state index is -0.926. The number of cyclic esters (lactones) is 1. The Kier molecular flexibility index (Phi) is 5.81. The van der Waals surface area contributed by atoms with Gasteiger partial charge in [-0.1, -0.05) is 33.3 Å². The van der Waals surface area contributed by atoms with Gasteiger partial charge in [0, 0.05) is 40.7 Å². The standard InChI is InChI=1S/C29H34O8/c1-15(30)36-26-18-11-17-19(29(5,24(18)33)21(27(26,2)3)13-22(31)34-6)7-9-28(4)20(17)12-23(32)37-25(28)16-8-10-35-14-16/h8,10,14,19,21,25H,7,9,11-13H2,1-6H3. The Hall–Kier alpha value is -3.16. The molecule has 8 heteroatoms. The minimum Gasteiger partial charge on any atom is -0.472 e. The summed E-state index contributed by atoms with van der Waals surface area (Å²) in [6.07, 6.45) is 4.57. The van der Waals surface area contributed by atoms with Crippen molar-refractivity contribution in [3.63, 3.8) is 0 Å². The van der Waals surface area contributed by atoms with Gasteiger partial charge in [0.1, 0.15) is 11.9 Å². The summed E-state index contributed by atoms with van der Waals surface area (Å²) in [4.78, 5) is 51.9. The molecule has 8 nitrogen and oxygen atoms in total. The number of hydrogen-bond donors (Lipinski definition) is 0. The largest absolute Gasteiger partial charge is 0.472 e. The van der Waals surface area contributed by atoms with Gasteiger partial charge in [0.2, 0.25) is 0 Å². The Morgan fingerprint density at radius 3 is 2.49 bits per heavy atom. The maximum atomic E-state index is 14.2. The highest BCUT2D eigenvalue weighted by Gasteiger charge is 2.65. The summed E-state index contributed by atoms with van der Waals surface area (Å²) < 4.78 is 22.0. The zero-order valence-electron chi connectivity index (χ0n) is 22.3. The van der Waals surface area contributed by atoms with Crippen molar-refractivity contribution in [2.24, 2.45) is 28.1 Å². The number of allylic oxidation sites excluding steroid dienone is 3. The monoisotopic (exact) mass is 510 g/mol. The first-order valence-electron chi connectivity index (χ1n) is 12.8. The lowest BCUT2D eigenvalue weighted by molar-refractivity contribution is -0.163. The molecule has 198 valence electrons. The molecule has 2 fully saturated rings. The van der Waals surface area contributed by atoms with Gasteiger partial charge in [-0.05, 0) is 36.3 Å². The number of methoxy groups -OCH3 is 1. The van der Waals surface area contributed by atoms with Crippen LogP contribution in [0.4, 0.5) is 0 Å². The van der Waals surface area contributed by atoms with Crippen LogP contribution < -0.4 is 0 Å². The number of carbonyl (C=O) groups is 4. The summed E-state index contributed by atoms with van der Waals surface area (Å²) >= 11 is 0. The molecular formula is C29H34O8. The van der Waals surface area contributed by atoms with Crippen LogP contribution in [-0.4, -0.2) is 30.8 Å². The van der Waals surface area contributed by atoms with Crippen LogP contribution in [0.15, 0.2) is 45.5 Å². The topological polar surface area (TPSA) is 109 Å². The predicted octanol–water partition coefficient (Wildman–Crippen LogP) is 5.00. The van der Waals surface area contributed by atoms with Gasteiger partial charge in [-0.25, -0.2) is 0 Å². The molecule has 2 heterocycles. The fraction of sp³-hybridized carbons (Fsp3) is 0.586. The molecule has 1 aromatic rings. The third-order valence-corrected chi connectivity index (χ3v) is 9.60. The van der Waals surface area contributed by atoms with Gasteiger partial charge in [0.25, 0.3) is 0 Å². The number of fused-ring (bicyclic) bond motifs is 5. The average Bonchev–Trinajstić information content (AvgIpc) is 3.36. The van der Waals surface area contributed by atoms with Crippen LogP contribution in [0, 0.1) is 28.1 Å². The number of esters is 3. The highest BCUT2D eigenvalue weighted by atomic mass is 16.5. The maximum Gasteiger partial charge on any atom is 0.310 e. The van der Waals surface area contributed by atoms with Crippen LogP contribution >= 0.6 is 0 Å². The number of Topliss-reactive ketones (excluding diaryl/α,β-unsaturated/α-hetero) is 1. The lowest BCUT2D eigenvalue weighted by Crippen LogP contribution is -2.59. The van der Waals surface area contributed by atoms with Crippen LogP contribution in [0.5, 0.6) is 0 Å². The summed E-state index contributed by atoms with van der Waals surface area (Å²) in [7, 11) is 1.33. The van der Waals surface area contributed by atoms with Gasteiger partial charge in [0.15, 0.2) is 5.78 Å².